The molecule has 8 heteroatoms. The highest BCUT2D eigenvalue weighted by Gasteiger charge is 2.13. The number of rotatable bonds is 7. The van der Waals surface area contributed by atoms with Gasteiger partial charge in [0.15, 0.2) is 6.29 Å². The molecule has 2 rings (SSSR count). The third-order valence-corrected chi connectivity index (χ3v) is 3.82. The first-order chi connectivity index (χ1) is 11.5. The molecule has 0 aromatic heterocycles. The van der Waals surface area contributed by atoms with Crippen molar-refractivity contribution >= 4 is 39.3 Å². The molecule has 1 aromatic rings. The van der Waals surface area contributed by atoms with Crippen LogP contribution in [0.15, 0.2) is 29.3 Å². The Morgan fingerprint density at radius 1 is 1.46 bits per heavy atom. The topological polar surface area (TPSA) is 74.2 Å². The number of thiocarbonyl (C=S) groups is 1. The summed E-state index contributed by atoms with van der Waals surface area (Å²) in [6, 6.07) is 4.74. The maximum atomic E-state index is 11.2. The van der Waals surface area contributed by atoms with Crippen LogP contribution in [0.25, 0.3) is 6.08 Å². The maximum Gasteiger partial charge on any atom is 0.306 e. The molecule has 0 saturated carbocycles. The molecule has 0 N–H and O–H groups in total. The normalized spacial score (nSPS) is 18.3. The van der Waals surface area contributed by atoms with Crippen LogP contribution in [-0.4, -0.2) is 39.3 Å². The standard InChI is InChI=1S/C16H19NO5S2/c1-24(18,19)22-14-8-7-13(15(11-14)17-12-23)5-4-10-21-16-6-2-3-9-20-16/h4-5,7-8,11,16H,2-3,6,9-10H2,1H3/b5-4-. The Hall–Kier alpha value is -1.57. The molecule has 0 spiro atoms. The molecule has 1 aliphatic heterocycles. The quantitative estimate of drug-likeness (QED) is 0.417. The van der Waals surface area contributed by atoms with Crippen LogP contribution in [0, 0.1) is 0 Å². The van der Waals surface area contributed by atoms with E-state index in [-0.39, 0.29) is 12.0 Å². The molecule has 0 aliphatic carbocycles. The smallest absolute Gasteiger partial charge is 0.306 e. The Morgan fingerprint density at radius 2 is 2.29 bits per heavy atom. The van der Waals surface area contributed by atoms with Crippen molar-refractivity contribution in [3.8, 4) is 5.75 Å². The maximum absolute atomic E-state index is 11.2. The summed E-state index contributed by atoms with van der Waals surface area (Å²) in [5, 5.41) is 2.27. The highest BCUT2D eigenvalue weighted by molar-refractivity contribution is 7.86. The third kappa shape index (κ3) is 6.51. The summed E-state index contributed by atoms with van der Waals surface area (Å²) in [4.78, 5) is 3.94. The number of benzene rings is 1. The van der Waals surface area contributed by atoms with Gasteiger partial charge in [0.2, 0.25) is 0 Å². The van der Waals surface area contributed by atoms with Crippen LogP contribution in [0.5, 0.6) is 5.75 Å². The Bertz CT molecular complexity index is 733. The lowest BCUT2D eigenvalue weighted by Crippen LogP contribution is -2.22. The van der Waals surface area contributed by atoms with E-state index in [1.54, 1.807) is 12.1 Å². The number of nitrogens with zero attached hydrogens (tertiary/aromatic N) is 1. The van der Waals surface area contributed by atoms with Crippen LogP contribution in [-0.2, 0) is 19.6 Å². The van der Waals surface area contributed by atoms with E-state index < -0.39 is 10.1 Å². The van der Waals surface area contributed by atoms with E-state index in [0.717, 1.165) is 37.7 Å². The molecule has 1 atom stereocenters. The Labute approximate surface area is 147 Å². The van der Waals surface area contributed by atoms with Gasteiger partial charge >= 0.3 is 10.1 Å². The molecule has 24 heavy (non-hydrogen) atoms. The van der Waals surface area contributed by atoms with Crippen molar-refractivity contribution in [1.29, 1.82) is 0 Å². The van der Waals surface area contributed by atoms with Gasteiger partial charge in [-0.05, 0) is 43.6 Å². The number of isothiocyanates is 1. The van der Waals surface area contributed by atoms with Crippen molar-refractivity contribution < 1.29 is 22.1 Å². The molecule has 6 nitrogen and oxygen atoms in total. The molecule has 1 aliphatic rings. The van der Waals surface area contributed by atoms with Gasteiger partial charge in [-0.15, -0.1) is 0 Å². The zero-order valence-electron chi connectivity index (χ0n) is 13.3. The second-order valence-corrected chi connectivity index (χ2v) is 7.00. The molecule has 0 amide bonds. The summed E-state index contributed by atoms with van der Waals surface area (Å²) in [5.41, 5.74) is 1.22. The van der Waals surface area contributed by atoms with E-state index in [9.17, 15) is 8.42 Å². The fraction of sp³-hybridized carbons (Fsp3) is 0.438. The minimum atomic E-state index is -3.60. The summed E-state index contributed by atoms with van der Waals surface area (Å²) in [6.07, 6.45) is 7.60. The number of aliphatic imine (C=N–C) groups is 1. The number of hydrogen-bond donors (Lipinski definition) is 0. The van der Waals surface area contributed by atoms with Gasteiger partial charge in [0.25, 0.3) is 0 Å². The first-order valence-electron chi connectivity index (χ1n) is 7.49. The molecular formula is C16H19NO5S2. The SMILES string of the molecule is CS(=O)(=O)Oc1ccc(/C=C\COC2CCCCO2)c(N=C=S)c1. The van der Waals surface area contributed by atoms with Crippen molar-refractivity contribution in [1.82, 2.24) is 0 Å². The average molecular weight is 369 g/mol. The average Bonchev–Trinajstić information content (AvgIpc) is 2.53. The predicted molar refractivity (Wildman–Crippen MR) is 95.2 cm³/mol. The van der Waals surface area contributed by atoms with E-state index >= 15 is 0 Å². The second-order valence-electron chi connectivity index (χ2n) is 5.24. The van der Waals surface area contributed by atoms with Gasteiger partial charge in [-0.3, -0.25) is 0 Å². The molecule has 1 unspecified atom stereocenters. The Morgan fingerprint density at radius 3 is 2.96 bits per heavy atom. The van der Waals surface area contributed by atoms with Crippen LogP contribution in [0.1, 0.15) is 24.8 Å². The number of ether oxygens (including phenoxy) is 2. The lowest BCUT2D eigenvalue weighted by atomic mass is 10.1. The van der Waals surface area contributed by atoms with Crippen LogP contribution in [0.4, 0.5) is 5.69 Å². The number of hydrogen-bond acceptors (Lipinski definition) is 7. The van der Waals surface area contributed by atoms with E-state index in [0.29, 0.717) is 12.3 Å². The highest BCUT2D eigenvalue weighted by Crippen LogP contribution is 2.27. The zero-order valence-corrected chi connectivity index (χ0v) is 14.9. The van der Waals surface area contributed by atoms with Crippen molar-refractivity contribution in [2.24, 2.45) is 4.99 Å². The van der Waals surface area contributed by atoms with Gasteiger partial charge in [0.05, 0.1) is 23.7 Å². The Kier molecular flexibility index (Phi) is 7.08. The second kappa shape index (κ2) is 9.05. The molecule has 130 valence electrons. The van der Waals surface area contributed by atoms with Gasteiger partial charge in [-0.2, -0.15) is 13.4 Å². The van der Waals surface area contributed by atoms with Crippen molar-refractivity contribution in [3.05, 3.63) is 29.8 Å². The lowest BCUT2D eigenvalue weighted by molar-refractivity contribution is -0.155. The van der Waals surface area contributed by atoms with Gasteiger partial charge < -0.3 is 13.7 Å². The van der Waals surface area contributed by atoms with Crippen LogP contribution >= 0.6 is 12.2 Å². The first kappa shape index (κ1) is 18.8. The molecule has 0 radical (unpaired) electrons. The summed E-state index contributed by atoms with van der Waals surface area (Å²) in [5.74, 6) is 0.172. The minimum Gasteiger partial charge on any atom is -0.383 e. The van der Waals surface area contributed by atoms with Crippen molar-refractivity contribution in [3.63, 3.8) is 0 Å². The largest absolute Gasteiger partial charge is 0.383 e. The van der Waals surface area contributed by atoms with Gasteiger partial charge in [0, 0.05) is 18.2 Å². The lowest BCUT2D eigenvalue weighted by Gasteiger charge is -2.21. The van der Waals surface area contributed by atoms with Crippen molar-refractivity contribution in [2.45, 2.75) is 25.6 Å². The fourth-order valence-corrected chi connectivity index (χ4v) is 2.77. The molecular weight excluding hydrogens is 350 g/mol. The predicted octanol–water partition coefficient (Wildman–Crippen LogP) is 3.32. The van der Waals surface area contributed by atoms with E-state index in [1.807, 2.05) is 12.2 Å². The van der Waals surface area contributed by atoms with Crippen LogP contribution in [0.3, 0.4) is 0 Å². The fourth-order valence-electron chi connectivity index (χ4n) is 2.22. The van der Waals surface area contributed by atoms with Gasteiger partial charge in [-0.25, -0.2) is 0 Å². The monoisotopic (exact) mass is 369 g/mol. The van der Waals surface area contributed by atoms with Gasteiger partial charge in [0.1, 0.15) is 5.75 Å². The van der Waals surface area contributed by atoms with E-state index in [2.05, 4.69) is 22.4 Å². The molecule has 1 heterocycles. The molecule has 1 saturated heterocycles. The highest BCUT2D eigenvalue weighted by atomic mass is 32.2. The molecule has 0 bridgehead atoms. The van der Waals surface area contributed by atoms with E-state index in [1.165, 1.54) is 6.07 Å². The zero-order chi connectivity index (χ0) is 17.4. The Balaban J connectivity index is 2.02. The minimum absolute atomic E-state index is 0.146. The third-order valence-electron chi connectivity index (χ3n) is 3.23. The van der Waals surface area contributed by atoms with E-state index in [4.69, 9.17) is 13.7 Å². The summed E-state index contributed by atoms with van der Waals surface area (Å²) in [6.45, 7) is 1.15. The molecule has 1 fully saturated rings. The van der Waals surface area contributed by atoms with Crippen LogP contribution < -0.4 is 4.18 Å². The van der Waals surface area contributed by atoms with Crippen LogP contribution in [0.2, 0.25) is 0 Å². The summed E-state index contributed by atoms with van der Waals surface area (Å²) < 4.78 is 38.3. The molecule has 1 aromatic carbocycles. The first-order valence-corrected chi connectivity index (χ1v) is 9.71. The summed E-state index contributed by atoms with van der Waals surface area (Å²) in [7, 11) is -3.60. The van der Waals surface area contributed by atoms with Gasteiger partial charge in [-0.1, -0.05) is 12.2 Å². The van der Waals surface area contributed by atoms with Crippen molar-refractivity contribution in [2.75, 3.05) is 19.5 Å². The summed E-state index contributed by atoms with van der Waals surface area (Å²) >= 11 is 4.63.